The van der Waals surface area contributed by atoms with Crippen LogP contribution in [0, 0.1) is 0 Å². The molecule has 72 valence electrons. The maximum Gasteiger partial charge on any atom is 0.0348 e. The lowest BCUT2D eigenvalue weighted by molar-refractivity contribution is 1.27. The molecule has 14 heavy (non-hydrogen) atoms. The fourth-order valence-electron chi connectivity index (χ4n) is 1.44. The van der Waals surface area contributed by atoms with Crippen molar-refractivity contribution in [3.8, 4) is 0 Å². The monoisotopic (exact) mass is 266 g/mol. The molecule has 0 aliphatic carbocycles. The molecule has 1 aromatic heterocycles. The van der Waals surface area contributed by atoms with Gasteiger partial charge < -0.3 is 0 Å². The number of hydrogen-bond acceptors (Lipinski definition) is 1. The number of hydrogen-bond donors (Lipinski definition) is 0. The van der Waals surface area contributed by atoms with Crippen molar-refractivity contribution in [2.75, 3.05) is 5.33 Å². The summed E-state index contributed by atoms with van der Waals surface area (Å²) < 4.78 is 1.37. The van der Waals surface area contributed by atoms with Crippen molar-refractivity contribution in [3.63, 3.8) is 0 Å². The van der Waals surface area contributed by atoms with Gasteiger partial charge in [-0.2, -0.15) is 0 Å². The highest BCUT2D eigenvalue weighted by Crippen LogP contribution is 2.24. The Bertz CT molecular complexity index is 442. The molecule has 2 aromatic rings. The first-order valence-electron chi connectivity index (χ1n) is 4.60. The van der Waals surface area contributed by atoms with Crippen LogP contribution < -0.4 is 0 Å². The predicted octanol–water partition coefficient (Wildman–Crippen LogP) is 4.70. The lowest BCUT2D eigenvalue weighted by Gasteiger charge is -1.95. The first-order valence-corrected chi connectivity index (χ1v) is 6.60. The molecular formula is C12H11BrS. The van der Waals surface area contributed by atoms with Gasteiger partial charge in [-0.15, -0.1) is 11.3 Å². The van der Waals surface area contributed by atoms with E-state index in [-0.39, 0.29) is 0 Å². The Hall–Kier alpha value is -0.600. The summed E-state index contributed by atoms with van der Waals surface area (Å²) in [6, 6.07) is 8.64. The molecule has 0 amide bonds. The van der Waals surface area contributed by atoms with E-state index in [0.717, 1.165) is 11.8 Å². The number of benzene rings is 1. The molecule has 0 saturated heterocycles. The van der Waals surface area contributed by atoms with Crippen molar-refractivity contribution in [3.05, 3.63) is 41.3 Å². The Morgan fingerprint density at radius 3 is 3.07 bits per heavy atom. The maximum absolute atomic E-state index is 3.42. The van der Waals surface area contributed by atoms with E-state index in [1.54, 1.807) is 11.3 Å². The van der Waals surface area contributed by atoms with Crippen LogP contribution in [0.2, 0.25) is 0 Å². The fourth-order valence-corrected chi connectivity index (χ4v) is 2.52. The molecule has 0 aliphatic heterocycles. The van der Waals surface area contributed by atoms with Crippen LogP contribution >= 0.6 is 27.3 Å². The van der Waals surface area contributed by atoms with E-state index < -0.39 is 0 Å². The van der Waals surface area contributed by atoms with Gasteiger partial charge in [0.15, 0.2) is 0 Å². The number of alkyl halides is 1. The Labute approximate surface area is 96.4 Å². The van der Waals surface area contributed by atoms with E-state index in [4.69, 9.17) is 0 Å². The Morgan fingerprint density at radius 1 is 1.29 bits per heavy atom. The van der Waals surface area contributed by atoms with Crippen LogP contribution in [0.1, 0.15) is 12.0 Å². The van der Waals surface area contributed by atoms with Crippen LogP contribution in [-0.4, -0.2) is 5.33 Å². The van der Waals surface area contributed by atoms with Crippen molar-refractivity contribution in [2.24, 2.45) is 0 Å². The summed E-state index contributed by atoms with van der Waals surface area (Å²) in [5.74, 6) is 0. The predicted molar refractivity (Wildman–Crippen MR) is 69.3 cm³/mol. The van der Waals surface area contributed by atoms with Crippen molar-refractivity contribution in [1.29, 1.82) is 0 Å². The molecule has 0 unspecified atom stereocenters. The molecule has 0 bridgehead atoms. The third-order valence-electron chi connectivity index (χ3n) is 2.10. The van der Waals surface area contributed by atoms with E-state index in [9.17, 15) is 0 Å². The van der Waals surface area contributed by atoms with Gasteiger partial charge in [-0.25, -0.2) is 0 Å². The minimum atomic E-state index is 1.03. The van der Waals surface area contributed by atoms with Crippen LogP contribution in [0.3, 0.4) is 0 Å². The summed E-state index contributed by atoms with van der Waals surface area (Å²) in [5, 5.41) is 4.54. The van der Waals surface area contributed by atoms with Crippen molar-refractivity contribution >= 4 is 43.4 Å². The summed E-state index contributed by atoms with van der Waals surface area (Å²) in [4.78, 5) is 0. The van der Waals surface area contributed by atoms with Gasteiger partial charge in [0.2, 0.25) is 0 Å². The molecule has 0 spiro atoms. The first-order chi connectivity index (χ1) is 6.92. The van der Waals surface area contributed by atoms with Gasteiger partial charge in [-0.3, -0.25) is 0 Å². The molecule has 0 atom stereocenters. The summed E-state index contributed by atoms with van der Waals surface area (Å²) >= 11 is 5.21. The van der Waals surface area contributed by atoms with Gasteiger partial charge in [-0.1, -0.05) is 40.2 Å². The lowest BCUT2D eigenvalue weighted by atomic mass is 10.1. The molecule has 0 aliphatic rings. The van der Waals surface area contributed by atoms with E-state index in [1.807, 2.05) is 0 Å². The number of rotatable bonds is 3. The topological polar surface area (TPSA) is 0 Å². The third-order valence-corrected chi connectivity index (χ3v) is 3.44. The molecule has 0 nitrogen and oxygen atoms in total. The molecule has 0 saturated carbocycles. The van der Waals surface area contributed by atoms with E-state index in [2.05, 4.69) is 57.7 Å². The summed E-state index contributed by atoms with van der Waals surface area (Å²) in [6.45, 7) is 0. The highest BCUT2D eigenvalue weighted by atomic mass is 79.9. The lowest BCUT2D eigenvalue weighted by Crippen LogP contribution is -1.73. The molecule has 0 N–H and O–H groups in total. The molecule has 2 heteroatoms. The van der Waals surface area contributed by atoms with Gasteiger partial charge in [0.05, 0.1) is 0 Å². The van der Waals surface area contributed by atoms with Gasteiger partial charge >= 0.3 is 0 Å². The quantitative estimate of drug-likeness (QED) is 0.707. The second-order valence-electron chi connectivity index (χ2n) is 3.06. The van der Waals surface area contributed by atoms with Crippen molar-refractivity contribution in [1.82, 2.24) is 0 Å². The number of fused-ring (bicyclic) bond motifs is 1. The van der Waals surface area contributed by atoms with Crippen LogP contribution in [0.4, 0.5) is 0 Å². The molecule has 0 fully saturated rings. The third kappa shape index (κ3) is 2.07. The van der Waals surface area contributed by atoms with Crippen LogP contribution in [0.5, 0.6) is 0 Å². The minimum Gasteiger partial charge on any atom is -0.144 e. The zero-order valence-electron chi connectivity index (χ0n) is 7.74. The SMILES string of the molecule is BrCCC=Cc1cccc2sccc12. The van der Waals surface area contributed by atoms with Crippen molar-refractivity contribution < 1.29 is 0 Å². The number of halogens is 1. The largest absolute Gasteiger partial charge is 0.144 e. The molecule has 1 heterocycles. The zero-order valence-corrected chi connectivity index (χ0v) is 10.1. The fraction of sp³-hybridized carbons (Fsp3) is 0.167. The second kappa shape index (κ2) is 4.76. The zero-order chi connectivity index (χ0) is 9.80. The average Bonchev–Trinajstić information content (AvgIpc) is 2.67. The summed E-state index contributed by atoms with van der Waals surface area (Å²) in [7, 11) is 0. The van der Waals surface area contributed by atoms with E-state index >= 15 is 0 Å². The summed E-state index contributed by atoms with van der Waals surface area (Å²) in [5.41, 5.74) is 1.32. The standard InChI is InChI=1S/C12H11BrS/c13-8-2-1-4-10-5-3-6-12-11(10)7-9-14-12/h1,3-7,9H,2,8H2. The second-order valence-corrected chi connectivity index (χ2v) is 4.80. The van der Waals surface area contributed by atoms with E-state index in [1.165, 1.54) is 15.6 Å². The van der Waals surface area contributed by atoms with E-state index in [0.29, 0.717) is 0 Å². The molecule has 0 radical (unpaired) electrons. The minimum absolute atomic E-state index is 1.03. The van der Waals surface area contributed by atoms with Crippen LogP contribution in [0.25, 0.3) is 16.2 Å². The number of allylic oxidation sites excluding steroid dienone is 1. The van der Waals surface area contributed by atoms with Gasteiger partial charge in [-0.05, 0) is 34.9 Å². The highest BCUT2D eigenvalue weighted by molar-refractivity contribution is 9.09. The molecule has 2 rings (SSSR count). The van der Waals surface area contributed by atoms with Crippen molar-refractivity contribution in [2.45, 2.75) is 6.42 Å². The van der Waals surface area contributed by atoms with Crippen LogP contribution in [-0.2, 0) is 0 Å². The number of thiophene rings is 1. The van der Waals surface area contributed by atoms with Gasteiger partial charge in [0.1, 0.15) is 0 Å². The Kier molecular flexibility index (Phi) is 3.38. The van der Waals surface area contributed by atoms with Crippen LogP contribution in [0.15, 0.2) is 35.7 Å². The maximum atomic E-state index is 3.42. The molecule has 1 aromatic carbocycles. The normalized spacial score (nSPS) is 11.5. The first kappa shape index (κ1) is 9.94. The van der Waals surface area contributed by atoms with Gasteiger partial charge in [0, 0.05) is 10.0 Å². The van der Waals surface area contributed by atoms with Gasteiger partial charge in [0.25, 0.3) is 0 Å². The Balaban J connectivity index is 2.36. The molecular weight excluding hydrogens is 256 g/mol. The highest BCUT2D eigenvalue weighted by Gasteiger charge is 1.97. The summed E-state index contributed by atoms with van der Waals surface area (Å²) in [6.07, 6.45) is 5.50. The smallest absolute Gasteiger partial charge is 0.0348 e. The Morgan fingerprint density at radius 2 is 2.21 bits per heavy atom. The average molecular weight is 267 g/mol.